The van der Waals surface area contributed by atoms with Crippen LogP contribution in [0.15, 0.2) is 24.3 Å². The molecule has 1 aromatic rings. The van der Waals surface area contributed by atoms with Crippen molar-refractivity contribution in [2.45, 2.75) is 232 Å². The minimum Gasteiger partial charge on any atom is -0.481 e. The second-order valence-electron chi connectivity index (χ2n) is 30.9. The largest absolute Gasteiger partial charge is 0.481 e. The SMILES string of the molecule is CC1(C)[C@@H]2[C@H]3C(=O)N[C@H](C(N)=O)CSCc4cccc(c4)CSCCC(=O)N[C@@H](CCCCN)C(=O)NCC(=O)N[C@@H](CC4CNC5CCC(F)CC45)C(=O)N[C@@H](CC4CNC5CCC(F)CC45)C(=O)N[C@@H](CC(=O)O)C(=O)N[C@@H](CC4CNCN4)C(=O)N[C@@H](CC4CCC(O)CC4)C(=O)N3C[C@@H]21. The van der Waals surface area contributed by atoms with Gasteiger partial charge in [0.05, 0.1) is 19.1 Å². The summed E-state index contributed by atoms with van der Waals surface area (Å²) in [5.41, 5.74) is 13.3. The molecule has 4 saturated carbocycles. The van der Waals surface area contributed by atoms with E-state index in [4.69, 9.17) is 11.5 Å². The number of nitrogens with two attached hydrogens (primary N) is 2. The lowest BCUT2D eigenvalue weighted by Gasteiger charge is -2.36. The Balaban J connectivity index is 0.959. The van der Waals surface area contributed by atoms with E-state index in [1.807, 2.05) is 38.1 Å². The molecule has 9 aliphatic rings. The van der Waals surface area contributed by atoms with E-state index >= 15 is 32.8 Å². The molecule has 5 heterocycles. The van der Waals surface area contributed by atoms with Gasteiger partial charge in [0.25, 0.3) is 0 Å². The minimum absolute atomic E-state index is 0.0418. The molecule has 10 amide bonds. The molecule has 2 bridgehead atoms. The molecule has 9 unspecified atom stereocenters. The van der Waals surface area contributed by atoms with Crippen molar-refractivity contribution in [3.8, 4) is 0 Å². The van der Waals surface area contributed by atoms with E-state index in [1.165, 1.54) is 28.4 Å². The number of nitrogens with zero attached hydrogens (tertiary/aromatic N) is 1. The van der Waals surface area contributed by atoms with Gasteiger partial charge in [-0.3, -0.25) is 52.7 Å². The van der Waals surface area contributed by atoms with Gasteiger partial charge in [-0.05, 0) is 187 Å². The molecule has 32 heteroatoms. The average molecular weight is 1480 g/mol. The molecule has 0 aromatic heterocycles. The lowest BCUT2D eigenvalue weighted by molar-refractivity contribution is -0.144. The summed E-state index contributed by atoms with van der Waals surface area (Å²) in [5.74, 6) is -9.65. The number of piperidine rings is 1. The van der Waals surface area contributed by atoms with Gasteiger partial charge in [-0.25, -0.2) is 8.78 Å². The summed E-state index contributed by atoms with van der Waals surface area (Å²) < 4.78 is 30.5. The molecule has 18 N–H and O–H groups in total. The van der Waals surface area contributed by atoms with Gasteiger partial charge in [0.2, 0.25) is 59.1 Å². The Bertz CT molecular complexity index is 3190. The first-order valence-corrected chi connectivity index (χ1v) is 39.6. The smallest absolute Gasteiger partial charge is 0.305 e. The summed E-state index contributed by atoms with van der Waals surface area (Å²) in [6, 6.07) is -3.78. The van der Waals surface area contributed by atoms with Gasteiger partial charge in [0, 0.05) is 67.3 Å². The van der Waals surface area contributed by atoms with Gasteiger partial charge in [-0.15, -0.1) is 0 Å². The van der Waals surface area contributed by atoms with E-state index in [2.05, 4.69) is 63.8 Å². The molecule has 0 radical (unpaired) electrons. The summed E-state index contributed by atoms with van der Waals surface area (Å²) in [6.45, 7) is 5.20. The van der Waals surface area contributed by atoms with E-state index in [1.54, 1.807) is 0 Å². The number of benzene rings is 1. The van der Waals surface area contributed by atoms with Crippen molar-refractivity contribution in [2.24, 2.45) is 58.3 Å². The number of alkyl halides is 2. The third-order valence-corrected chi connectivity index (χ3v) is 25.5. The Morgan fingerprint density at radius 3 is 1.83 bits per heavy atom. The highest BCUT2D eigenvalue weighted by atomic mass is 32.2. The highest BCUT2D eigenvalue weighted by Crippen LogP contribution is 2.65. The van der Waals surface area contributed by atoms with Crippen molar-refractivity contribution in [1.29, 1.82) is 0 Å². The maximum Gasteiger partial charge on any atom is 0.305 e. The van der Waals surface area contributed by atoms with Crippen LogP contribution in [0.25, 0.3) is 0 Å². The van der Waals surface area contributed by atoms with Crippen LogP contribution in [0.2, 0.25) is 0 Å². The minimum atomic E-state index is -1.91. The van der Waals surface area contributed by atoms with Crippen LogP contribution in [0.1, 0.15) is 147 Å². The number of carboxylic acid groups (broad SMARTS) is 1. The number of carboxylic acids is 1. The van der Waals surface area contributed by atoms with Gasteiger partial charge in [0.15, 0.2) is 0 Å². The standard InChI is InChI=1S/C71H109F2N15O13S2/c1-71(2)48-32-88-62(61(48)71)69(100)87-57(63(75)94)35-103-34-39-7-5-6-38(20-39)33-102-19-17-58(90)81-51(8-3-4-18-74)64(95)79-31-59(91)82-52(22-40-28-77-49-15-11-42(72)24-46(40)49)65(96)83-53(23-41-29-78-50-16-12-43(73)25-47(41)50)66(97)85-55(27-60(92)93)68(99)84-54(26-44-30-76-36-80-44)67(98)86-56(70(88)101)21-37-9-13-45(89)14-10-37/h5-7,20,37,40-57,61-62,76-78,80,89H,3-4,8-19,21-36,74H2,1-2H3,(H2,75,94)(H,79,95)(H,81,90)(H,82,91)(H,83,96)(H,84,99)(H,85,97)(H,86,98)(H,87,100)(H,92,93)/t37?,40?,41?,42?,43?,44?,45?,46?,47?,48-,49?,50?,51-,52-,53-,54-,55-,56-,57-,61-,62-/m0/s1. The van der Waals surface area contributed by atoms with Gasteiger partial charge in [-0.2, -0.15) is 23.5 Å². The van der Waals surface area contributed by atoms with Crippen molar-refractivity contribution < 1.29 is 71.7 Å². The summed E-state index contributed by atoms with van der Waals surface area (Å²) in [5, 5.41) is 56.4. The number of nitrogens with one attached hydrogen (secondary N) is 12. The van der Waals surface area contributed by atoms with Crippen molar-refractivity contribution >= 4 is 88.6 Å². The fourth-order valence-electron chi connectivity index (χ4n) is 17.5. The number of primary amides is 1. The summed E-state index contributed by atoms with van der Waals surface area (Å²) in [6.07, 6.45) is 1.26. The maximum absolute atomic E-state index is 15.5. The number of carbonyl (C=O) groups excluding carboxylic acids is 10. The number of hydrogen-bond acceptors (Lipinski definition) is 19. The number of fused-ring (bicyclic) bond motifs is 7. The molecule has 1 aromatic carbocycles. The van der Waals surface area contributed by atoms with Crippen molar-refractivity contribution in [1.82, 2.24) is 68.7 Å². The first kappa shape index (κ1) is 79.3. The first-order chi connectivity index (χ1) is 49.3. The van der Waals surface area contributed by atoms with E-state index in [0.717, 1.165) is 11.1 Å². The predicted molar refractivity (Wildman–Crippen MR) is 382 cm³/mol. The van der Waals surface area contributed by atoms with E-state index in [0.29, 0.717) is 114 Å². The number of aliphatic hydroxyl groups excluding tert-OH is 1. The van der Waals surface area contributed by atoms with Gasteiger partial charge >= 0.3 is 5.97 Å². The summed E-state index contributed by atoms with van der Waals surface area (Å²) in [7, 11) is 0. The number of amides is 10. The quantitative estimate of drug-likeness (QED) is 0.100. The number of aliphatic carboxylic acids is 1. The van der Waals surface area contributed by atoms with Crippen LogP contribution >= 0.6 is 23.5 Å². The van der Waals surface area contributed by atoms with Crippen LogP contribution in [0.5, 0.6) is 0 Å². The van der Waals surface area contributed by atoms with Gasteiger partial charge in [0.1, 0.15) is 60.7 Å². The molecule has 103 heavy (non-hydrogen) atoms. The topological polar surface area (TPSA) is 428 Å². The van der Waals surface area contributed by atoms with Crippen LogP contribution in [0.3, 0.4) is 0 Å². The van der Waals surface area contributed by atoms with Crippen LogP contribution < -0.4 is 75.3 Å². The Hall–Kier alpha value is -6.29. The second kappa shape index (κ2) is 36.8. The van der Waals surface area contributed by atoms with Crippen molar-refractivity contribution in [3.63, 3.8) is 0 Å². The number of thioether (sulfide) groups is 2. The molecule has 5 aliphatic heterocycles. The predicted octanol–water partition coefficient (Wildman–Crippen LogP) is -0.279. The third-order valence-electron chi connectivity index (χ3n) is 23.3. The molecule has 4 saturated heterocycles. The van der Waals surface area contributed by atoms with E-state index in [-0.39, 0.29) is 117 Å². The molecule has 4 aliphatic carbocycles. The zero-order valence-electron chi connectivity index (χ0n) is 59.2. The Morgan fingerprint density at radius 1 is 0.641 bits per heavy atom. The Morgan fingerprint density at radius 2 is 1.22 bits per heavy atom. The van der Waals surface area contributed by atoms with Crippen LogP contribution in [0, 0.1) is 46.8 Å². The summed E-state index contributed by atoms with van der Waals surface area (Å²) >= 11 is 2.88. The molecule has 0 spiro atoms. The van der Waals surface area contributed by atoms with Crippen molar-refractivity contribution in [3.05, 3.63) is 35.4 Å². The number of hydrogen-bond donors (Lipinski definition) is 16. The van der Waals surface area contributed by atoms with Crippen molar-refractivity contribution in [2.75, 3.05) is 57.4 Å². The number of carbonyl (C=O) groups is 11. The summed E-state index contributed by atoms with van der Waals surface area (Å²) in [4.78, 5) is 160. The van der Waals surface area contributed by atoms with E-state index in [9.17, 15) is 39.0 Å². The highest BCUT2D eigenvalue weighted by molar-refractivity contribution is 7.98. The molecule has 10 rings (SSSR count). The lowest BCUT2D eigenvalue weighted by atomic mass is 9.76. The third kappa shape index (κ3) is 21.5. The van der Waals surface area contributed by atoms with E-state index < -0.39 is 157 Å². The second-order valence-corrected chi connectivity index (χ2v) is 33.1. The number of halogens is 2. The van der Waals surface area contributed by atoms with Crippen LogP contribution in [-0.2, 0) is 64.2 Å². The highest BCUT2D eigenvalue weighted by Gasteiger charge is 2.70. The zero-order chi connectivity index (χ0) is 73.6. The fourth-order valence-corrected chi connectivity index (χ4v) is 19.4. The van der Waals surface area contributed by atoms with Gasteiger partial charge < -0.3 is 90.4 Å². The Labute approximate surface area is 609 Å². The molecule has 19 atom stereocenters. The monoisotopic (exact) mass is 1480 g/mol. The fraction of sp³-hybridized carbons (Fsp3) is 0.761. The number of unbranched alkanes of at least 4 members (excludes halogenated alkanes) is 1. The van der Waals surface area contributed by atoms with Crippen LogP contribution in [-0.4, -0.2) is 223 Å². The molecule has 8 fully saturated rings. The lowest BCUT2D eigenvalue weighted by Crippen LogP contribution is -2.61. The average Bonchev–Trinajstić information content (AvgIpc) is 1.52. The first-order valence-electron chi connectivity index (χ1n) is 37.3. The normalized spacial score (nSPS) is 36.5. The maximum atomic E-state index is 15.5. The molecule has 572 valence electrons. The number of aliphatic hydroxyl groups is 1. The molecule has 28 nitrogen and oxygen atoms in total. The zero-order valence-corrected chi connectivity index (χ0v) is 60.8. The Kier molecular flexibility index (Phi) is 28.3. The van der Waals surface area contributed by atoms with Gasteiger partial charge in [-0.1, -0.05) is 38.1 Å². The molecular formula is C71H109F2N15O13S2. The molecular weight excluding hydrogens is 1370 g/mol. The van der Waals surface area contributed by atoms with Crippen LogP contribution in [0.4, 0.5) is 8.78 Å². The number of rotatable bonds is 15.